The van der Waals surface area contributed by atoms with Gasteiger partial charge in [-0.2, -0.15) is 0 Å². The Hall–Kier alpha value is -1.36. The van der Waals surface area contributed by atoms with Crippen molar-refractivity contribution in [3.63, 3.8) is 0 Å². The molecule has 0 saturated heterocycles. The maximum atomic E-state index is 11.7. The molecule has 5 nitrogen and oxygen atoms in total. The van der Waals surface area contributed by atoms with Gasteiger partial charge in [0.25, 0.3) is 0 Å². The number of hydrogen-bond donors (Lipinski definition) is 1. The Bertz CT molecular complexity index is 389. The molecule has 0 aliphatic rings. The number of ether oxygens (including phenoxy) is 1. The molecule has 0 radical (unpaired) electrons. The molecule has 1 unspecified atom stereocenters. The quantitative estimate of drug-likeness (QED) is 0.746. The van der Waals surface area contributed by atoms with Gasteiger partial charge < -0.3 is 14.6 Å². The fourth-order valence-corrected chi connectivity index (χ4v) is 1.89. The Morgan fingerprint density at radius 3 is 2.89 bits per heavy atom. The third kappa shape index (κ3) is 3.32. The summed E-state index contributed by atoms with van der Waals surface area (Å²) in [7, 11) is 3.19. The van der Waals surface area contributed by atoms with Crippen molar-refractivity contribution in [1.29, 1.82) is 0 Å². The summed E-state index contributed by atoms with van der Waals surface area (Å²) in [5, 5.41) is 3.03. The molecule has 18 heavy (non-hydrogen) atoms. The average Bonchev–Trinajstić information content (AvgIpc) is 2.83. The molecular formula is C13H23N3O2. The lowest BCUT2D eigenvalue weighted by Crippen LogP contribution is -2.49. The van der Waals surface area contributed by atoms with E-state index in [4.69, 9.17) is 4.74 Å². The molecule has 0 fully saturated rings. The summed E-state index contributed by atoms with van der Waals surface area (Å²) in [5.74, 6) is 0.836. The van der Waals surface area contributed by atoms with Crippen LogP contribution in [-0.2, 0) is 22.5 Å². The van der Waals surface area contributed by atoms with E-state index in [0.717, 1.165) is 25.2 Å². The number of nitrogens with one attached hydrogen (secondary N) is 1. The molecule has 1 heterocycles. The number of esters is 1. The van der Waals surface area contributed by atoms with Crippen LogP contribution in [0.5, 0.6) is 0 Å². The molecule has 0 bridgehead atoms. The second-order valence-corrected chi connectivity index (χ2v) is 4.61. The number of hydrogen-bond acceptors (Lipinski definition) is 4. The van der Waals surface area contributed by atoms with Gasteiger partial charge in [0.15, 0.2) is 0 Å². The zero-order valence-corrected chi connectivity index (χ0v) is 11.7. The van der Waals surface area contributed by atoms with E-state index in [1.54, 1.807) is 13.2 Å². The first-order valence-corrected chi connectivity index (χ1v) is 6.34. The van der Waals surface area contributed by atoms with Crippen LogP contribution in [0.2, 0.25) is 0 Å². The number of nitrogens with zero attached hydrogens (tertiary/aromatic N) is 2. The van der Waals surface area contributed by atoms with Gasteiger partial charge in [-0.1, -0.05) is 6.92 Å². The van der Waals surface area contributed by atoms with Crippen LogP contribution in [-0.4, -0.2) is 35.2 Å². The first-order valence-electron chi connectivity index (χ1n) is 6.34. The third-order valence-electron chi connectivity index (χ3n) is 3.32. The summed E-state index contributed by atoms with van der Waals surface area (Å²) in [6, 6.07) is 0. The Kier molecular flexibility index (Phi) is 5.34. The fourth-order valence-electron chi connectivity index (χ4n) is 1.89. The molecule has 5 heteroatoms. The molecule has 0 aliphatic carbocycles. The lowest BCUT2D eigenvalue weighted by atomic mass is 9.98. The van der Waals surface area contributed by atoms with Crippen LogP contribution in [0.1, 0.15) is 32.5 Å². The van der Waals surface area contributed by atoms with Gasteiger partial charge in [-0.05, 0) is 26.8 Å². The predicted molar refractivity (Wildman–Crippen MR) is 70.3 cm³/mol. The second kappa shape index (κ2) is 6.54. The molecule has 1 N–H and O–H groups in total. The Morgan fingerprint density at radius 1 is 1.61 bits per heavy atom. The van der Waals surface area contributed by atoms with Gasteiger partial charge in [0.05, 0.1) is 7.11 Å². The maximum Gasteiger partial charge on any atom is 0.325 e. The van der Waals surface area contributed by atoms with E-state index in [2.05, 4.69) is 21.8 Å². The topological polar surface area (TPSA) is 56.2 Å². The van der Waals surface area contributed by atoms with Crippen LogP contribution in [0.3, 0.4) is 0 Å². The van der Waals surface area contributed by atoms with Gasteiger partial charge >= 0.3 is 5.97 Å². The van der Waals surface area contributed by atoms with Crippen molar-refractivity contribution >= 4 is 5.97 Å². The lowest BCUT2D eigenvalue weighted by molar-refractivity contribution is -0.148. The van der Waals surface area contributed by atoms with Crippen LogP contribution in [0, 0.1) is 0 Å². The van der Waals surface area contributed by atoms with Crippen LogP contribution in [0.15, 0.2) is 12.4 Å². The molecule has 1 atom stereocenters. The van der Waals surface area contributed by atoms with E-state index in [-0.39, 0.29) is 5.97 Å². The van der Waals surface area contributed by atoms with E-state index in [0.29, 0.717) is 6.42 Å². The van der Waals surface area contributed by atoms with Crippen LogP contribution >= 0.6 is 0 Å². The molecule has 0 spiro atoms. The summed E-state index contributed by atoms with van der Waals surface area (Å²) in [6.45, 7) is 4.74. The summed E-state index contributed by atoms with van der Waals surface area (Å²) in [4.78, 5) is 16.0. The molecule has 0 aliphatic heterocycles. The first kappa shape index (κ1) is 14.7. The molecule has 1 rings (SSSR count). The number of rotatable bonds is 7. The van der Waals surface area contributed by atoms with E-state index in [1.165, 1.54) is 7.11 Å². The molecule has 0 saturated carbocycles. The van der Waals surface area contributed by atoms with E-state index >= 15 is 0 Å². The SMILES string of the molecule is CCCc1nccn1CCC(C)(NC)C(=O)OC. The predicted octanol–water partition coefficient (Wildman–Crippen LogP) is 1.38. The number of carbonyl (C=O) groups is 1. The Morgan fingerprint density at radius 2 is 2.33 bits per heavy atom. The zero-order chi connectivity index (χ0) is 13.6. The van der Waals surface area contributed by atoms with Crippen molar-refractivity contribution in [2.45, 2.75) is 45.2 Å². The number of methoxy groups -OCH3 is 1. The summed E-state index contributed by atoms with van der Waals surface area (Å²) < 4.78 is 6.93. The average molecular weight is 253 g/mol. The summed E-state index contributed by atoms with van der Waals surface area (Å²) in [5.41, 5.74) is -0.650. The zero-order valence-electron chi connectivity index (χ0n) is 11.7. The van der Waals surface area contributed by atoms with Crippen molar-refractivity contribution in [1.82, 2.24) is 14.9 Å². The molecule has 0 amide bonds. The number of likely N-dealkylation sites (N-methyl/N-ethyl adjacent to an activating group) is 1. The minimum Gasteiger partial charge on any atom is -0.468 e. The Balaban J connectivity index is 2.67. The lowest BCUT2D eigenvalue weighted by Gasteiger charge is -2.26. The number of carbonyl (C=O) groups excluding carboxylic acids is 1. The maximum absolute atomic E-state index is 11.7. The van der Waals surface area contributed by atoms with Gasteiger partial charge in [-0.15, -0.1) is 0 Å². The molecule has 1 aromatic rings. The molecule has 1 aromatic heterocycles. The fraction of sp³-hybridized carbons (Fsp3) is 0.692. The number of aryl methyl sites for hydroxylation is 2. The highest BCUT2D eigenvalue weighted by atomic mass is 16.5. The van der Waals surface area contributed by atoms with E-state index in [1.807, 2.05) is 13.1 Å². The molecule has 102 valence electrons. The highest BCUT2D eigenvalue weighted by Crippen LogP contribution is 2.14. The second-order valence-electron chi connectivity index (χ2n) is 4.61. The smallest absolute Gasteiger partial charge is 0.325 e. The minimum absolute atomic E-state index is 0.234. The normalized spacial score (nSPS) is 14.2. The van der Waals surface area contributed by atoms with E-state index < -0.39 is 5.54 Å². The van der Waals surface area contributed by atoms with Crippen molar-refractivity contribution in [3.8, 4) is 0 Å². The highest BCUT2D eigenvalue weighted by Gasteiger charge is 2.32. The summed E-state index contributed by atoms with van der Waals surface area (Å²) in [6.07, 6.45) is 6.46. The summed E-state index contributed by atoms with van der Waals surface area (Å²) >= 11 is 0. The van der Waals surface area contributed by atoms with Crippen molar-refractivity contribution in [2.75, 3.05) is 14.2 Å². The van der Waals surface area contributed by atoms with Gasteiger partial charge in [-0.3, -0.25) is 4.79 Å². The standard InChI is InChI=1S/C13H23N3O2/c1-5-6-11-15-8-10-16(11)9-7-13(2,14-3)12(17)18-4/h8,10,14H,5-7,9H2,1-4H3. The van der Waals surface area contributed by atoms with Crippen LogP contribution in [0.4, 0.5) is 0 Å². The van der Waals surface area contributed by atoms with E-state index in [9.17, 15) is 4.79 Å². The van der Waals surface area contributed by atoms with Gasteiger partial charge in [0, 0.05) is 25.4 Å². The van der Waals surface area contributed by atoms with Crippen molar-refractivity contribution < 1.29 is 9.53 Å². The molecule has 0 aromatic carbocycles. The molecular weight excluding hydrogens is 230 g/mol. The number of aromatic nitrogens is 2. The van der Waals surface area contributed by atoms with Crippen LogP contribution in [0.25, 0.3) is 0 Å². The van der Waals surface area contributed by atoms with Crippen molar-refractivity contribution in [2.24, 2.45) is 0 Å². The van der Waals surface area contributed by atoms with Crippen LogP contribution < -0.4 is 5.32 Å². The van der Waals surface area contributed by atoms with Gasteiger partial charge in [0.1, 0.15) is 11.4 Å². The van der Waals surface area contributed by atoms with Gasteiger partial charge in [-0.25, -0.2) is 4.98 Å². The van der Waals surface area contributed by atoms with Crippen molar-refractivity contribution in [3.05, 3.63) is 18.2 Å². The Labute approximate surface area is 109 Å². The monoisotopic (exact) mass is 253 g/mol. The third-order valence-corrected chi connectivity index (χ3v) is 3.32. The highest BCUT2D eigenvalue weighted by molar-refractivity contribution is 5.80. The first-order chi connectivity index (χ1) is 8.57. The number of imidazole rings is 1. The van der Waals surface area contributed by atoms with Gasteiger partial charge in [0.2, 0.25) is 0 Å². The largest absolute Gasteiger partial charge is 0.468 e. The minimum atomic E-state index is -0.650.